The Bertz CT molecular complexity index is 451. The molecule has 0 aliphatic heterocycles. The molecule has 1 rings (SSSR count). The molecule has 0 fully saturated rings. The van der Waals surface area contributed by atoms with Crippen LogP contribution in [-0.2, 0) is 0 Å². The van der Waals surface area contributed by atoms with Gasteiger partial charge in [0.25, 0.3) is 5.91 Å². The van der Waals surface area contributed by atoms with Crippen LogP contribution in [0.15, 0.2) is 18.2 Å². The van der Waals surface area contributed by atoms with Crippen molar-refractivity contribution < 1.29 is 9.90 Å². The smallest absolute Gasteiger partial charge is 0.255 e. The molecule has 1 aromatic carbocycles. The minimum absolute atomic E-state index is 0.116. The zero-order valence-electron chi connectivity index (χ0n) is 9.24. The number of hydrogen-bond donors (Lipinski definition) is 3. The highest BCUT2D eigenvalue weighted by atomic mass is 35.5. The van der Waals surface area contributed by atoms with Crippen molar-refractivity contribution in [1.82, 2.24) is 5.32 Å². The van der Waals surface area contributed by atoms with Crippen LogP contribution >= 0.6 is 23.8 Å². The fourth-order valence-corrected chi connectivity index (χ4v) is 1.77. The number of amides is 1. The van der Waals surface area contributed by atoms with Crippen molar-refractivity contribution in [1.29, 1.82) is 0 Å². The molecule has 0 aliphatic carbocycles. The Kier molecular flexibility index (Phi) is 4.72. The summed E-state index contributed by atoms with van der Waals surface area (Å²) in [6, 6.07) is 4.08. The van der Waals surface area contributed by atoms with E-state index in [1.54, 1.807) is 6.92 Å². The van der Waals surface area contributed by atoms with Gasteiger partial charge >= 0.3 is 0 Å². The van der Waals surface area contributed by atoms with Gasteiger partial charge in [-0.1, -0.05) is 23.8 Å². The molecule has 1 atom stereocenters. The fourth-order valence-electron chi connectivity index (χ4n) is 1.34. The Hall–Kier alpha value is -1.33. The topological polar surface area (TPSA) is 75.3 Å². The maximum atomic E-state index is 11.8. The fraction of sp³-hybridized carbons (Fsp3) is 0.273. The SMILES string of the molecule is CC(CC(N)=S)NC(=O)c1cc(Cl)ccc1O. The number of hydrogen-bond acceptors (Lipinski definition) is 3. The van der Waals surface area contributed by atoms with Gasteiger partial charge in [0.05, 0.1) is 10.6 Å². The molecule has 0 saturated heterocycles. The van der Waals surface area contributed by atoms with E-state index >= 15 is 0 Å². The van der Waals surface area contributed by atoms with Crippen LogP contribution in [0.3, 0.4) is 0 Å². The van der Waals surface area contributed by atoms with Gasteiger partial charge in [0.2, 0.25) is 0 Å². The zero-order valence-corrected chi connectivity index (χ0v) is 10.8. The number of benzene rings is 1. The average Bonchev–Trinajstić information content (AvgIpc) is 2.20. The van der Waals surface area contributed by atoms with Crippen LogP contribution in [0.1, 0.15) is 23.7 Å². The molecule has 92 valence electrons. The molecular weight excluding hydrogens is 260 g/mol. The minimum Gasteiger partial charge on any atom is -0.507 e. The maximum absolute atomic E-state index is 11.8. The zero-order chi connectivity index (χ0) is 13.0. The number of halogens is 1. The third-order valence-corrected chi connectivity index (χ3v) is 2.49. The van der Waals surface area contributed by atoms with Crippen LogP contribution in [-0.4, -0.2) is 22.0 Å². The lowest BCUT2D eigenvalue weighted by molar-refractivity contribution is 0.0938. The highest BCUT2D eigenvalue weighted by Crippen LogP contribution is 2.21. The predicted octanol–water partition coefficient (Wildman–Crippen LogP) is 1.84. The number of rotatable bonds is 4. The molecule has 1 amide bonds. The van der Waals surface area contributed by atoms with Gasteiger partial charge in [0.15, 0.2) is 0 Å². The number of phenolic OH excluding ortho intramolecular Hbond substituents is 1. The normalized spacial score (nSPS) is 11.9. The Morgan fingerprint density at radius 3 is 2.88 bits per heavy atom. The predicted molar refractivity (Wildman–Crippen MR) is 71.4 cm³/mol. The molecule has 0 radical (unpaired) electrons. The molecule has 0 bridgehead atoms. The third kappa shape index (κ3) is 4.20. The van der Waals surface area contributed by atoms with Crippen LogP contribution in [0.2, 0.25) is 5.02 Å². The van der Waals surface area contributed by atoms with Gasteiger partial charge < -0.3 is 16.2 Å². The van der Waals surface area contributed by atoms with Crippen molar-refractivity contribution in [2.24, 2.45) is 5.73 Å². The van der Waals surface area contributed by atoms with Gasteiger partial charge in [-0.3, -0.25) is 4.79 Å². The number of nitrogens with one attached hydrogen (secondary N) is 1. The number of nitrogens with two attached hydrogens (primary N) is 1. The molecule has 0 aromatic heterocycles. The van der Waals surface area contributed by atoms with Crippen molar-refractivity contribution >= 4 is 34.7 Å². The molecule has 4 N–H and O–H groups in total. The van der Waals surface area contributed by atoms with Crippen LogP contribution in [0.25, 0.3) is 0 Å². The highest BCUT2D eigenvalue weighted by molar-refractivity contribution is 7.80. The molecule has 0 aliphatic rings. The number of phenols is 1. The van der Waals surface area contributed by atoms with E-state index in [2.05, 4.69) is 5.32 Å². The molecule has 1 unspecified atom stereocenters. The first-order chi connectivity index (χ1) is 7.90. The second-order valence-electron chi connectivity index (χ2n) is 3.71. The molecule has 1 aromatic rings. The maximum Gasteiger partial charge on any atom is 0.255 e. The molecule has 17 heavy (non-hydrogen) atoms. The summed E-state index contributed by atoms with van der Waals surface area (Å²) in [6.07, 6.45) is 0.405. The molecule has 4 nitrogen and oxygen atoms in total. The van der Waals surface area contributed by atoms with Gasteiger partial charge in [0, 0.05) is 17.5 Å². The van der Waals surface area contributed by atoms with E-state index in [9.17, 15) is 9.90 Å². The Morgan fingerprint density at radius 2 is 2.29 bits per heavy atom. The van der Waals surface area contributed by atoms with E-state index < -0.39 is 5.91 Å². The lowest BCUT2D eigenvalue weighted by Crippen LogP contribution is -2.35. The highest BCUT2D eigenvalue weighted by Gasteiger charge is 2.14. The Labute approximate surface area is 110 Å². The number of thiocarbonyl (C=S) groups is 1. The van der Waals surface area contributed by atoms with Crippen molar-refractivity contribution in [3.05, 3.63) is 28.8 Å². The monoisotopic (exact) mass is 272 g/mol. The third-order valence-electron chi connectivity index (χ3n) is 2.09. The first-order valence-corrected chi connectivity index (χ1v) is 5.76. The number of aromatic hydroxyl groups is 1. The number of carbonyl (C=O) groups excluding carboxylic acids is 1. The van der Waals surface area contributed by atoms with Crippen molar-refractivity contribution in [2.45, 2.75) is 19.4 Å². The Morgan fingerprint density at radius 1 is 1.65 bits per heavy atom. The van der Waals surface area contributed by atoms with E-state index in [-0.39, 0.29) is 17.4 Å². The first kappa shape index (κ1) is 13.7. The van der Waals surface area contributed by atoms with Crippen molar-refractivity contribution in [3.8, 4) is 5.75 Å². The summed E-state index contributed by atoms with van der Waals surface area (Å²) in [5, 5.41) is 12.6. The van der Waals surface area contributed by atoms with Gasteiger partial charge in [-0.15, -0.1) is 0 Å². The lowest BCUT2D eigenvalue weighted by Gasteiger charge is -2.13. The second kappa shape index (κ2) is 5.84. The average molecular weight is 273 g/mol. The molecule has 0 saturated carbocycles. The largest absolute Gasteiger partial charge is 0.507 e. The van der Waals surface area contributed by atoms with E-state index in [0.717, 1.165) is 0 Å². The molecule has 6 heteroatoms. The van der Waals surface area contributed by atoms with E-state index in [1.165, 1.54) is 18.2 Å². The summed E-state index contributed by atoms with van der Waals surface area (Å²) in [6.45, 7) is 1.78. The van der Waals surface area contributed by atoms with Crippen LogP contribution in [0.5, 0.6) is 5.75 Å². The molecule has 0 spiro atoms. The van der Waals surface area contributed by atoms with Crippen LogP contribution < -0.4 is 11.1 Å². The molecular formula is C11H13ClN2O2S. The summed E-state index contributed by atoms with van der Waals surface area (Å²) in [5.74, 6) is -0.525. The minimum atomic E-state index is -0.409. The van der Waals surface area contributed by atoms with Crippen LogP contribution in [0.4, 0.5) is 0 Å². The van der Waals surface area contributed by atoms with Crippen molar-refractivity contribution in [2.75, 3.05) is 0 Å². The van der Waals surface area contributed by atoms with Gasteiger partial charge in [-0.25, -0.2) is 0 Å². The summed E-state index contributed by atoms with van der Waals surface area (Å²) in [4.78, 5) is 12.1. The standard InChI is InChI=1S/C11H13ClN2O2S/c1-6(4-10(13)17)14-11(16)8-5-7(12)2-3-9(8)15/h2-3,5-6,15H,4H2,1H3,(H2,13,17)(H,14,16). The van der Waals surface area contributed by atoms with Gasteiger partial charge in [-0.05, 0) is 25.1 Å². The summed E-state index contributed by atoms with van der Waals surface area (Å²) < 4.78 is 0. The van der Waals surface area contributed by atoms with Gasteiger partial charge in [0.1, 0.15) is 5.75 Å². The summed E-state index contributed by atoms with van der Waals surface area (Å²) in [5.41, 5.74) is 5.50. The first-order valence-electron chi connectivity index (χ1n) is 4.98. The summed E-state index contributed by atoms with van der Waals surface area (Å²) in [7, 11) is 0. The lowest BCUT2D eigenvalue weighted by atomic mass is 10.1. The van der Waals surface area contributed by atoms with E-state index in [1.807, 2.05) is 0 Å². The Balaban J connectivity index is 2.76. The summed E-state index contributed by atoms with van der Waals surface area (Å²) >= 11 is 10.5. The van der Waals surface area contributed by atoms with E-state index in [0.29, 0.717) is 16.4 Å². The molecule has 0 heterocycles. The van der Waals surface area contributed by atoms with Gasteiger partial charge in [-0.2, -0.15) is 0 Å². The van der Waals surface area contributed by atoms with E-state index in [4.69, 9.17) is 29.6 Å². The quantitative estimate of drug-likeness (QED) is 0.731. The number of carbonyl (C=O) groups is 1. The van der Waals surface area contributed by atoms with Crippen LogP contribution in [0, 0.1) is 0 Å². The second-order valence-corrected chi connectivity index (χ2v) is 4.67. The van der Waals surface area contributed by atoms with Crippen molar-refractivity contribution in [3.63, 3.8) is 0 Å².